The number of aromatic nitrogens is 3. The second-order valence-corrected chi connectivity index (χ2v) is 6.74. The van der Waals surface area contributed by atoms with Gasteiger partial charge in [-0.1, -0.05) is 35.0 Å². The van der Waals surface area contributed by atoms with E-state index in [4.69, 9.17) is 14.2 Å². The molecule has 2 aromatic rings. The standard InChI is InChI=1S/C20H23N3O6/c1-4-27-20(26)17-18(19(25)14-7-5-12(2)6-8-14)23(22-21-17)16-10-9-15(29-16)11-28-13(3)24/h5-8,15-16H,4,9-11H2,1-3H3/t15-,16+/m0/s1. The third kappa shape index (κ3) is 4.68. The molecule has 0 spiro atoms. The second kappa shape index (κ2) is 8.95. The van der Waals surface area contributed by atoms with Gasteiger partial charge in [0.05, 0.1) is 12.7 Å². The lowest BCUT2D eigenvalue weighted by atomic mass is 10.0. The highest BCUT2D eigenvalue weighted by Gasteiger charge is 2.35. The van der Waals surface area contributed by atoms with Crippen LogP contribution in [-0.2, 0) is 19.0 Å². The summed E-state index contributed by atoms with van der Waals surface area (Å²) in [6, 6.07) is 6.99. The molecule has 1 aliphatic heterocycles. The van der Waals surface area contributed by atoms with E-state index < -0.39 is 23.9 Å². The van der Waals surface area contributed by atoms with E-state index in [1.165, 1.54) is 11.6 Å². The summed E-state index contributed by atoms with van der Waals surface area (Å²) < 4.78 is 17.2. The Balaban J connectivity index is 1.91. The number of hydrogen-bond donors (Lipinski definition) is 0. The number of carbonyl (C=O) groups is 3. The highest BCUT2D eigenvalue weighted by atomic mass is 16.6. The van der Waals surface area contributed by atoms with Crippen molar-refractivity contribution in [2.45, 2.75) is 45.9 Å². The molecule has 2 heterocycles. The molecule has 1 aliphatic rings. The molecule has 154 valence electrons. The van der Waals surface area contributed by atoms with Gasteiger partial charge < -0.3 is 14.2 Å². The lowest BCUT2D eigenvalue weighted by Gasteiger charge is -2.15. The lowest BCUT2D eigenvalue weighted by Crippen LogP contribution is -2.22. The third-order valence-corrected chi connectivity index (χ3v) is 4.52. The van der Waals surface area contributed by atoms with Gasteiger partial charge in [0.15, 0.2) is 6.23 Å². The highest BCUT2D eigenvalue weighted by molar-refractivity contribution is 6.12. The molecule has 0 amide bonds. The van der Waals surface area contributed by atoms with Gasteiger partial charge in [-0.2, -0.15) is 0 Å². The Kier molecular flexibility index (Phi) is 6.38. The van der Waals surface area contributed by atoms with E-state index in [-0.39, 0.29) is 30.7 Å². The predicted octanol–water partition coefficient (Wildman–Crippen LogP) is 2.23. The smallest absolute Gasteiger partial charge is 0.361 e. The first-order chi connectivity index (χ1) is 13.9. The van der Waals surface area contributed by atoms with Gasteiger partial charge in [-0.25, -0.2) is 9.48 Å². The minimum absolute atomic E-state index is 0.0189. The number of benzene rings is 1. The first-order valence-corrected chi connectivity index (χ1v) is 9.43. The number of rotatable bonds is 7. The largest absolute Gasteiger partial charge is 0.463 e. The van der Waals surface area contributed by atoms with E-state index >= 15 is 0 Å². The number of esters is 2. The normalized spacial score (nSPS) is 18.4. The molecule has 0 N–H and O–H groups in total. The third-order valence-electron chi connectivity index (χ3n) is 4.52. The van der Waals surface area contributed by atoms with Crippen molar-refractivity contribution in [3.63, 3.8) is 0 Å². The number of aryl methyl sites for hydroxylation is 1. The van der Waals surface area contributed by atoms with Crippen LogP contribution in [0.3, 0.4) is 0 Å². The Morgan fingerprint density at radius 2 is 1.90 bits per heavy atom. The maximum atomic E-state index is 13.2. The van der Waals surface area contributed by atoms with Gasteiger partial charge in [0.2, 0.25) is 11.5 Å². The van der Waals surface area contributed by atoms with Crippen LogP contribution in [0.5, 0.6) is 0 Å². The molecule has 3 rings (SSSR count). The number of hydrogen-bond acceptors (Lipinski definition) is 8. The Bertz CT molecular complexity index is 905. The van der Waals surface area contributed by atoms with E-state index in [1.54, 1.807) is 19.1 Å². The zero-order chi connectivity index (χ0) is 21.0. The maximum Gasteiger partial charge on any atom is 0.361 e. The molecule has 9 nitrogen and oxygen atoms in total. The van der Waals surface area contributed by atoms with Crippen molar-refractivity contribution in [2.24, 2.45) is 0 Å². The molecule has 0 aliphatic carbocycles. The summed E-state index contributed by atoms with van der Waals surface area (Å²) in [5.41, 5.74) is 1.28. The van der Waals surface area contributed by atoms with Gasteiger partial charge in [0.25, 0.3) is 0 Å². The fourth-order valence-electron chi connectivity index (χ4n) is 3.08. The van der Waals surface area contributed by atoms with Crippen LogP contribution in [-0.4, -0.2) is 52.0 Å². The van der Waals surface area contributed by atoms with E-state index in [0.717, 1.165) is 5.56 Å². The van der Waals surface area contributed by atoms with E-state index in [0.29, 0.717) is 18.4 Å². The van der Waals surface area contributed by atoms with E-state index in [9.17, 15) is 14.4 Å². The fraction of sp³-hybridized carbons (Fsp3) is 0.450. The SMILES string of the molecule is CCOC(=O)c1nnn([C@H]2CC[C@@H](COC(C)=O)O2)c1C(=O)c1ccc(C)cc1. The summed E-state index contributed by atoms with van der Waals surface area (Å²) in [4.78, 5) is 36.5. The van der Waals surface area contributed by atoms with Crippen molar-refractivity contribution in [3.8, 4) is 0 Å². The predicted molar refractivity (Wildman–Crippen MR) is 100 cm³/mol. The number of ketones is 1. The summed E-state index contributed by atoms with van der Waals surface area (Å²) >= 11 is 0. The molecule has 0 bridgehead atoms. The second-order valence-electron chi connectivity index (χ2n) is 6.74. The van der Waals surface area contributed by atoms with Crippen molar-refractivity contribution >= 4 is 17.7 Å². The minimum atomic E-state index is -0.719. The number of ether oxygens (including phenoxy) is 3. The van der Waals surface area contributed by atoms with Crippen LogP contribution in [0, 0.1) is 6.92 Å². The summed E-state index contributed by atoms with van der Waals surface area (Å²) in [5.74, 6) is -1.51. The maximum absolute atomic E-state index is 13.2. The Labute approximate surface area is 167 Å². The van der Waals surface area contributed by atoms with Crippen molar-refractivity contribution in [2.75, 3.05) is 13.2 Å². The molecular weight excluding hydrogens is 378 g/mol. The molecule has 0 saturated carbocycles. The van der Waals surface area contributed by atoms with Crippen LogP contribution in [0.4, 0.5) is 0 Å². The molecule has 1 aromatic heterocycles. The zero-order valence-corrected chi connectivity index (χ0v) is 16.6. The van der Waals surface area contributed by atoms with Crippen LogP contribution < -0.4 is 0 Å². The molecule has 9 heteroatoms. The molecule has 0 radical (unpaired) electrons. The van der Waals surface area contributed by atoms with Gasteiger partial charge in [-0.05, 0) is 26.7 Å². The van der Waals surface area contributed by atoms with Crippen molar-refractivity contribution in [1.82, 2.24) is 15.0 Å². The van der Waals surface area contributed by atoms with Gasteiger partial charge >= 0.3 is 11.9 Å². The topological polar surface area (TPSA) is 110 Å². The van der Waals surface area contributed by atoms with Crippen molar-refractivity contribution < 1.29 is 28.6 Å². The van der Waals surface area contributed by atoms with Crippen LogP contribution in [0.2, 0.25) is 0 Å². The first-order valence-electron chi connectivity index (χ1n) is 9.43. The average molecular weight is 401 g/mol. The van der Waals surface area contributed by atoms with Gasteiger partial charge in [-0.3, -0.25) is 9.59 Å². The van der Waals surface area contributed by atoms with Gasteiger partial charge in [0.1, 0.15) is 12.3 Å². The molecule has 1 fully saturated rings. The van der Waals surface area contributed by atoms with Crippen molar-refractivity contribution in [3.05, 3.63) is 46.8 Å². The Morgan fingerprint density at radius 3 is 2.55 bits per heavy atom. The highest BCUT2D eigenvalue weighted by Crippen LogP contribution is 2.30. The molecule has 1 saturated heterocycles. The summed E-state index contributed by atoms with van der Waals surface area (Å²) in [6.45, 7) is 5.18. The summed E-state index contributed by atoms with van der Waals surface area (Å²) in [7, 11) is 0. The Morgan fingerprint density at radius 1 is 1.17 bits per heavy atom. The van der Waals surface area contributed by atoms with Gasteiger partial charge in [-0.15, -0.1) is 5.10 Å². The average Bonchev–Trinajstić information content (AvgIpc) is 3.33. The van der Waals surface area contributed by atoms with E-state index in [1.807, 2.05) is 19.1 Å². The van der Waals surface area contributed by atoms with Crippen LogP contribution in [0.25, 0.3) is 0 Å². The van der Waals surface area contributed by atoms with Crippen LogP contribution in [0.15, 0.2) is 24.3 Å². The first kappa shape index (κ1) is 20.7. The summed E-state index contributed by atoms with van der Waals surface area (Å²) in [6.07, 6.45) is 0.230. The zero-order valence-electron chi connectivity index (χ0n) is 16.6. The molecule has 0 unspecified atom stereocenters. The molecule has 2 atom stereocenters. The van der Waals surface area contributed by atoms with Gasteiger partial charge in [0, 0.05) is 12.5 Å². The molecule has 1 aromatic carbocycles. The summed E-state index contributed by atoms with van der Waals surface area (Å²) in [5, 5.41) is 7.90. The van der Waals surface area contributed by atoms with Crippen LogP contribution in [0.1, 0.15) is 65.0 Å². The molecule has 29 heavy (non-hydrogen) atoms. The monoisotopic (exact) mass is 401 g/mol. The van der Waals surface area contributed by atoms with Crippen LogP contribution >= 0.6 is 0 Å². The van der Waals surface area contributed by atoms with Crippen molar-refractivity contribution in [1.29, 1.82) is 0 Å². The van der Waals surface area contributed by atoms with E-state index in [2.05, 4.69) is 10.3 Å². The molecular formula is C20H23N3O6. The quantitative estimate of drug-likeness (QED) is 0.513. The number of nitrogens with zero attached hydrogens (tertiary/aromatic N) is 3. The fourth-order valence-corrected chi connectivity index (χ4v) is 3.08. The Hall–Kier alpha value is -3.07. The number of carbonyl (C=O) groups excluding carboxylic acids is 3. The lowest BCUT2D eigenvalue weighted by molar-refractivity contribution is -0.145. The minimum Gasteiger partial charge on any atom is -0.463 e.